The molecule has 1 aliphatic heterocycles. The molecule has 0 saturated carbocycles. The number of hydrogen-bond acceptors (Lipinski definition) is 1. The van der Waals surface area contributed by atoms with Gasteiger partial charge in [-0.05, 0) is 6.92 Å². The van der Waals surface area contributed by atoms with Gasteiger partial charge in [-0.3, -0.25) is 4.79 Å². The molecule has 1 aliphatic rings. The zero-order chi connectivity index (χ0) is 6.85. The van der Waals surface area contributed by atoms with Crippen molar-refractivity contribution in [1.82, 2.24) is 4.90 Å². The molecule has 1 atom stereocenters. The van der Waals surface area contributed by atoms with E-state index >= 15 is 0 Å². The molecule has 0 radical (unpaired) electrons. The van der Waals surface area contributed by atoms with Crippen molar-refractivity contribution in [3.05, 3.63) is 12.2 Å². The van der Waals surface area contributed by atoms with E-state index in [2.05, 4.69) is 0 Å². The predicted molar refractivity (Wildman–Crippen MR) is 36.0 cm³/mol. The molecule has 0 aromatic rings. The highest BCUT2D eigenvalue weighted by Crippen LogP contribution is 2.07. The van der Waals surface area contributed by atoms with Crippen molar-refractivity contribution in [2.24, 2.45) is 0 Å². The van der Waals surface area contributed by atoms with Gasteiger partial charge in [0.2, 0.25) is 5.91 Å². The Hall–Kier alpha value is -0.790. The zero-order valence-electron chi connectivity index (χ0n) is 5.79. The third-order valence-electron chi connectivity index (χ3n) is 1.61. The van der Waals surface area contributed by atoms with Gasteiger partial charge in [-0.1, -0.05) is 12.2 Å². The van der Waals surface area contributed by atoms with Crippen molar-refractivity contribution in [3.8, 4) is 0 Å². The molecule has 0 spiro atoms. The smallest absolute Gasteiger partial charge is 0.220 e. The normalized spacial score (nSPS) is 25.1. The van der Waals surface area contributed by atoms with E-state index in [4.69, 9.17) is 0 Å². The summed E-state index contributed by atoms with van der Waals surface area (Å²) in [5, 5.41) is 0. The number of rotatable bonds is 0. The van der Waals surface area contributed by atoms with Crippen LogP contribution in [0.2, 0.25) is 0 Å². The summed E-state index contributed by atoms with van der Waals surface area (Å²) in [6.07, 6.45) is 4.06. The molecule has 50 valence electrons. The number of carbonyl (C=O) groups is 1. The molecule has 1 unspecified atom stereocenters. The first kappa shape index (κ1) is 6.33. The maximum Gasteiger partial charge on any atom is 0.220 e. The van der Waals surface area contributed by atoms with Crippen molar-refractivity contribution < 1.29 is 4.79 Å². The van der Waals surface area contributed by atoms with Crippen LogP contribution in [0.25, 0.3) is 0 Å². The molecule has 9 heavy (non-hydrogen) atoms. The Kier molecular flexibility index (Phi) is 1.56. The molecule has 0 saturated heterocycles. The summed E-state index contributed by atoms with van der Waals surface area (Å²) in [4.78, 5) is 12.6. The third-order valence-corrected chi connectivity index (χ3v) is 1.61. The molecule has 0 N–H and O–H groups in total. The van der Waals surface area contributed by atoms with Crippen molar-refractivity contribution in [2.45, 2.75) is 19.9 Å². The van der Waals surface area contributed by atoms with Crippen LogP contribution in [0.4, 0.5) is 0 Å². The van der Waals surface area contributed by atoms with Crippen LogP contribution in [-0.2, 0) is 4.79 Å². The second kappa shape index (κ2) is 2.21. The highest BCUT2D eigenvalue weighted by molar-refractivity contribution is 5.74. The lowest BCUT2D eigenvalue weighted by molar-refractivity contribution is -0.128. The van der Waals surface area contributed by atoms with Crippen LogP contribution in [0.3, 0.4) is 0 Å². The van der Waals surface area contributed by atoms with Crippen LogP contribution in [0.1, 0.15) is 13.8 Å². The number of hydrogen-bond donors (Lipinski definition) is 0. The fourth-order valence-corrected chi connectivity index (χ4v) is 1.06. The van der Waals surface area contributed by atoms with E-state index in [9.17, 15) is 4.79 Å². The van der Waals surface area contributed by atoms with Gasteiger partial charge >= 0.3 is 0 Å². The van der Waals surface area contributed by atoms with Crippen molar-refractivity contribution in [1.29, 1.82) is 0 Å². The number of nitrogens with zero attached hydrogens (tertiary/aromatic N) is 1. The molecule has 2 nitrogen and oxygen atoms in total. The summed E-state index contributed by atoms with van der Waals surface area (Å²) in [5.74, 6) is 0.160. The molecule has 2 heteroatoms. The highest BCUT2D eigenvalue weighted by Gasteiger charge is 2.16. The summed E-state index contributed by atoms with van der Waals surface area (Å²) < 4.78 is 0. The van der Waals surface area contributed by atoms with Gasteiger partial charge in [-0.15, -0.1) is 0 Å². The fourth-order valence-electron chi connectivity index (χ4n) is 1.06. The van der Waals surface area contributed by atoms with Crippen LogP contribution in [0.15, 0.2) is 12.2 Å². The zero-order valence-corrected chi connectivity index (χ0v) is 5.79. The highest BCUT2D eigenvalue weighted by atomic mass is 16.2. The fraction of sp³-hybridized carbons (Fsp3) is 0.571. The van der Waals surface area contributed by atoms with E-state index in [-0.39, 0.29) is 5.91 Å². The molecule has 0 aromatic heterocycles. The van der Waals surface area contributed by atoms with Crippen molar-refractivity contribution in [3.63, 3.8) is 0 Å². The van der Waals surface area contributed by atoms with Crippen molar-refractivity contribution in [2.75, 3.05) is 6.54 Å². The van der Waals surface area contributed by atoms with Gasteiger partial charge in [0.25, 0.3) is 0 Å². The van der Waals surface area contributed by atoms with Gasteiger partial charge in [0, 0.05) is 19.5 Å². The lowest BCUT2D eigenvalue weighted by Crippen LogP contribution is -2.31. The summed E-state index contributed by atoms with van der Waals surface area (Å²) >= 11 is 0. The van der Waals surface area contributed by atoms with E-state index < -0.39 is 0 Å². The minimum absolute atomic E-state index is 0.160. The Morgan fingerprint density at radius 1 is 1.78 bits per heavy atom. The second-order valence-electron chi connectivity index (χ2n) is 2.34. The van der Waals surface area contributed by atoms with Crippen molar-refractivity contribution >= 4 is 5.91 Å². The minimum atomic E-state index is 0.160. The Balaban J connectivity index is 2.55. The van der Waals surface area contributed by atoms with E-state index in [1.165, 1.54) is 0 Å². The van der Waals surface area contributed by atoms with Crippen LogP contribution in [0.5, 0.6) is 0 Å². The van der Waals surface area contributed by atoms with Gasteiger partial charge in [-0.25, -0.2) is 0 Å². The van der Waals surface area contributed by atoms with E-state index in [0.29, 0.717) is 6.04 Å². The molecular formula is C7H11NO. The van der Waals surface area contributed by atoms with E-state index in [0.717, 1.165) is 6.54 Å². The molecule has 0 fully saturated rings. The average molecular weight is 125 g/mol. The molecule has 1 heterocycles. The Labute approximate surface area is 55.2 Å². The molecular weight excluding hydrogens is 114 g/mol. The standard InChI is InChI=1S/C7H11NO/c1-6-4-3-5-8(6)7(2)9/h3-4,6H,5H2,1-2H3. The van der Waals surface area contributed by atoms with Crippen LogP contribution < -0.4 is 0 Å². The monoisotopic (exact) mass is 125 g/mol. The molecule has 1 rings (SSSR count). The number of carbonyl (C=O) groups excluding carboxylic acids is 1. The van der Waals surface area contributed by atoms with Gasteiger partial charge in [0.05, 0.1) is 0 Å². The van der Waals surface area contributed by atoms with Gasteiger partial charge in [-0.2, -0.15) is 0 Å². The Morgan fingerprint density at radius 2 is 2.44 bits per heavy atom. The van der Waals surface area contributed by atoms with Gasteiger partial charge in [0.1, 0.15) is 0 Å². The first-order valence-corrected chi connectivity index (χ1v) is 3.15. The number of amides is 1. The molecule has 0 aliphatic carbocycles. The first-order valence-electron chi connectivity index (χ1n) is 3.15. The summed E-state index contributed by atoms with van der Waals surface area (Å²) in [5.41, 5.74) is 0. The van der Waals surface area contributed by atoms with Gasteiger partial charge < -0.3 is 4.90 Å². The lowest BCUT2D eigenvalue weighted by Gasteiger charge is -2.18. The minimum Gasteiger partial charge on any atom is -0.333 e. The van der Waals surface area contributed by atoms with Crippen LogP contribution in [-0.4, -0.2) is 23.4 Å². The maximum atomic E-state index is 10.7. The topological polar surface area (TPSA) is 20.3 Å². The third kappa shape index (κ3) is 1.12. The predicted octanol–water partition coefficient (Wildman–Crippen LogP) is 0.793. The Bertz CT molecular complexity index is 151. The molecule has 0 aromatic carbocycles. The van der Waals surface area contributed by atoms with E-state index in [1.54, 1.807) is 6.92 Å². The maximum absolute atomic E-state index is 10.7. The summed E-state index contributed by atoms with van der Waals surface area (Å²) in [6, 6.07) is 0.308. The van der Waals surface area contributed by atoms with Crippen LogP contribution in [0, 0.1) is 0 Å². The summed E-state index contributed by atoms with van der Waals surface area (Å²) in [6.45, 7) is 4.41. The first-order chi connectivity index (χ1) is 4.22. The largest absolute Gasteiger partial charge is 0.333 e. The SMILES string of the molecule is CC(=O)N1CC=CC1C. The second-order valence-corrected chi connectivity index (χ2v) is 2.34. The molecule has 0 bridgehead atoms. The summed E-state index contributed by atoms with van der Waals surface area (Å²) in [7, 11) is 0. The quantitative estimate of drug-likeness (QED) is 0.438. The Morgan fingerprint density at radius 3 is 2.67 bits per heavy atom. The average Bonchev–Trinajstić information content (AvgIpc) is 2.13. The van der Waals surface area contributed by atoms with E-state index in [1.807, 2.05) is 24.0 Å². The molecule has 1 amide bonds. The van der Waals surface area contributed by atoms with Crippen LogP contribution >= 0.6 is 0 Å². The van der Waals surface area contributed by atoms with Gasteiger partial charge in [0.15, 0.2) is 0 Å². The lowest BCUT2D eigenvalue weighted by atomic mass is 10.3.